The van der Waals surface area contributed by atoms with Crippen molar-refractivity contribution in [2.24, 2.45) is 0 Å². The molecule has 6 heteroatoms. The zero-order valence-electron chi connectivity index (χ0n) is 16.8. The van der Waals surface area contributed by atoms with E-state index in [1.54, 1.807) is 22.7 Å². The molecule has 142 valence electrons. The van der Waals surface area contributed by atoms with Crippen LogP contribution in [0.25, 0.3) is 29.4 Å². The fourth-order valence-electron chi connectivity index (χ4n) is 3.04. The highest BCUT2D eigenvalue weighted by molar-refractivity contribution is 7.32. The quantitative estimate of drug-likeness (QED) is 0.319. The van der Waals surface area contributed by atoms with E-state index in [0.29, 0.717) is 0 Å². The van der Waals surface area contributed by atoms with E-state index in [1.165, 1.54) is 25.1 Å². The molecule has 0 atom stereocenters. The van der Waals surface area contributed by atoms with Gasteiger partial charge in [0.25, 0.3) is 0 Å². The molecule has 0 aromatic carbocycles. The van der Waals surface area contributed by atoms with Crippen LogP contribution >= 0.6 is 45.3 Å². The smallest absolute Gasteiger partial charge is 0.155 e. The first kappa shape index (κ1) is 19.2. The Kier molecular flexibility index (Phi) is 4.62. The van der Waals surface area contributed by atoms with E-state index < -0.39 is 0 Å². The number of aryl methyl sites for hydroxylation is 1. The maximum atomic E-state index is 4.91. The Morgan fingerprint density at radius 2 is 1.30 bits per heavy atom. The molecular formula is C21H24N2S4. The fourth-order valence-corrected chi connectivity index (χ4v) is 7.48. The maximum absolute atomic E-state index is 4.91. The van der Waals surface area contributed by atoms with Gasteiger partial charge in [0.05, 0.1) is 9.75 Å². The minimum absolute atomic E-state index is 0.178. The van der Waals surface area contributed by atoms with E-state index >= 15 is 0 Å². The molecule has 0 saturated heterocycles. The molecule has 2 nitrogen and oxygen atoms in total. The Balaban J connectivity index is 1.68. The van der Waals surface area contributed by atoms with Gasteiger partial charge < -0.3 is 0 Å². The lowest BCUT2D eigenvalue weighted by Gasteiger charge is -2.17. The summed E-state index contributed by atoms with van der Waals surface area (Å²) in [4.78, 5) is 17.3. The molecule has 4 aromatic heterocycles. The van der Waals surface area contributed by atoms with Crippen LogP contribution in [0.2, 0.25) is 0 Å². The minimum atomic E-state index is 0.178. The van der Waals surface area contributed by atoms with Crippen molar-refractivity contribution in [3.8, 4) is 19.8 Å². The number of nitrogens with zero attached hydrogens (tertiary/aromatic N) is 2. The summed E-state index contributed by atoms with van der Waals surface area (Å²) in [6.45, 7) is 15.8. The molecule has 0 unspecified atom stereocenters. The van der Waals surface area contributed by atoms with Crippen molar-refractivity contribution in [3.63, 3.8) is 0 Å². The SMILES string of the molecule is Cc1cc(-c2nc3sc(-c4ccc(C(C)(C)C)s4)nc3s2)sc1C(C)(C)C. The van der Waals surface area contributed by atoms with Crippen LogP contribution in [0, 0.1) is 6.92 Å². The Hall–Kier alpha value is -1.08. The van der Waals surface area contributed by atoms with Crippen molar-refractivity contribution in [1.29, 1.82) is 0 Å². The molecule has 0 saturated carbocycles. The first-order chi connectivity index (χ1) is 12.5. The highest BCUT2D eigenvalue weighted by Crippen LogP contribution is 2.43. The molecule has 0 aliphatic carbocycles. The lowest BCUT2D eigenvalue weighted by Crippen LogP contribution is -2.09. The van der Waals surface area contributed by atoms with Crippen LogP contribution in [0.1, 0.15) is 56.9 Å². The molecule has 0 aliphatic heterocycles. The van der Waals surface area contributed by atoms with E-state index in [9.17, 15) is 0 Å². The van der Waals surface area contributed by atoms with Gasteiger partial charge in [-0.15, -0.1) is 22.7 Å². The molecule has 0 aliphatic rings. The fraction of sp³-hybridized carbons (Fsp3) is 0.429. The number of fused-ring (bicyclic) bond motifs is 1. The summed E-state index contributed by atoms with van der Waals surface area (Å²) in [5, 5.41) is 2.19. The number of thiophene rings is 2. The van der Waals surface area contributed by atoms with Crippen molar-refractivity contribution in [2.75, 3.05) is 0 Å². The number of hydrogen-bond acceptors (Lipinski definition) is 6. The normalized spacial score (nSPS) is 13.0. The van der Waals surface area contributed by atoms with Crippen LogP contribution in [0.3, 0.4) is 0 Å². The highest BCUT2D eigenvalue weighted by Gasteiger charge is 2.22. The van der Waals surface area contributed by atoms with Gasteiger partial charge in [0.1, 0.15) is 10.0 Å². The first-order valence-electron chi connectivity index (χ1n) is 9.02. The molecule has 4 rings (SSSR count). The third kappa shape index (κ3) is 3.65. The van der Waals surface area contributed by atoms with Gasteiger partial charge in [-0.25, -0.2) is 9.97 Å². The molecule has 0 radical (unpaired) electrons. The Bertz CT molecular complexity index is 1080. The van der Waals surface area contributed by atoms with Crippen LogP contribution in [-0.2, 0) is 10.8 Å². The van der Waals surface area contributed by atoms with Gasteiger partial charge in [-0.2, -0.15) is 0 Å². The molecule has 4 aromatic rings. The largest absolute Gasteiger partial charge is 0.222 e. The van der Waals surface area contributed by atoms with Gasteiger partial charge >= 0.3 is 0 Å². The Morgan fingerprint density at radius 1 is 0.704 bits per heavy atom. The number of thiazole rings is 2. The van der Waals surface area contributed by atoms with Gasteiger partial charge in [0.15, 0.2) is 9.66 Å². The zero-order chi connectivity index (χ0) is 19.6. The number of rotatable bonds is 2. The highest BCUT2D eigenvalue weighted by atomic mass is 32.1. The van der Waals surface area contributed by atoms with Crippen LogP contribution in [-0.4, -0.2) is 9.97 Å². The summed E-state index contributed by atoms with van der Waals surface area (Å²) < 4.78 is 0. The lowest BCUT2D eigenvalue weighted by molar-refractivity contribution is 0.600. The van der Waals surface area contributed by atoms with Crippen molar-refractivity contribution in [3.05, 3.63) is 33.5 Å². The van der Waals surface area contributed by atoms with E-state index in [4.69, 9.17) is 9.97 Å². The summed E-state index contributed by atoms with van der Waals surface area (Å²) in [6, 6.07) is 6.72. The number of aromatic nitrogens is 2. The Morgan fingerprint density at radius 3 is 1.78 bits per heavy atom. The number of hydrogen-bond donors (Lipinski definition) is 0. The van der Waals surface area contributed by atoms with Crippen LogP contribution in [0.5, 0.6) is 0 Å². The predicted molar refractivity (Wildman–Crippen MR) is 124 cm³/mol. The van der Waals surface area contributed by atoms with E-state index in [0.717, 1.165) is 19.7 Å². The second kappa shape index (κ2) is 6.48. The molecule has 0 amide bonds. The van der Waals surface area contributed by atoms with E-state index in [1.807, 2.05) is 22.7 Å². The standard InChI is InChI=1S/C21H24N2S4/c1-11-10-13(25-15(11)21(5,6)7)17-23-19-18(27-17)22-16(26-19)12-8-9-14(24-12)20(2,3)4/h8-10H,1-7H3. The van der Waals surface area contributed by atoms with Gasteiger partial charge in [-0.1, -0.05) is 64.2 Å². The van der Waals surface area contributed by atoms with Crippen molar-refractivity contribution < 1.29 is 0 Å². The third-order valence-corrected chi connectivity index (χ3v) is 9.88. The summed E-state index contributed by atoms with van der Waals surface area (Å²) in [7, 11) is 0. The second-order valence-corrected chi connectivity index (χ2v) is 13.0. The van der Waals surface area contributed by atoms with Crippen molar-refractivity contribution in [2.45, 2.75) is 59.3 Å². The molecular weight excluding hydrogens is 409 g/mol. The molecule has 0 spiro atoms. The second-order valence-electron chi connectivity index (χ2n) is 8.94. The molecule has 4 heterocycles. The van der Waals surface area contributed by atoms with Crippen LogP contribution in [0.4, 0.5) is 0 Å². The summed E-state index contributed by atoms with van der Waals surface area (Å²) in [6.07, 6.45) is 0. The summed E-state index contributed by atoms with van der Waals surface area (Å²) in [5.41, 5.74) is 1.73. The molecule has 0 fully saturated rings. The van der Waals surface area contributed by atoms with Gasteiger partial charge in [0, 0.05) is 9.75 Å². The monoisotopic (exact) mass is 432 g/mol. The predicted octanol–water partition coefficient (Wildman–Crippen LogP) is 8.11. The average molecular weight is 433 g/mol. The Labute approximate surface area is 177 Å². The van der Waals surface area contributed by atoms with E-state index in [-0.39, 0.29) is 10.8 Å². The van der Waals surface area contributed by atoms with Gasteiger partial charge in [-0.05, 0) is 41.5 Å². The van der Waals surface area contributed by atoms with Crippen molar-refractivity contribution >= 4 is 55.0 Å². The maximum Gasteiger partial charge on any atom is 0.155 e. The molecule has 27 heavy (non-hydrogen) atoms. The average Bonchev–Trinajstić information content (AvgIpc) is 3.26. The summed E-state index contributed by atoms with van der Waals surface area (Å²) in [5.74, 6) is 0. The van der Waals surface area contributed by atoms with Crippen molar-refractivity contribution in [1.82, 2.24) is 9.97 Å². The minimum Gasteiger partial charge on any atom is -0.222 e. The van der Waals surface area contributed by atoms with Crippen LogP contribution < -0.4 is 0 Å². The zero-order valence-corrected chi connectivity index (χ0v) is 20.0. The third-order valence-electron chi connectivity index (χ3n) is 4.34. The summed E-state index contributed by atoms with van der Waals surface area (Å²) >= 11 is 7.14. The topological polar surface area (TPSA) is 25.8 Å². The van der Waals surface area contributed by atoms with Gasteiger partial charge in [0.2, 0.25) is 0 Å². The molecule has 0 bridgehead atoms. The van der Waals surface area contributed by atoms with Gasteiger partial charge in [-0.3, -0.25) is 0 Å². The van der Waals surface area contributed by atoms with Crippen LogP contribution in [0.15, 0.2) is 18.2 Å². The first-order valence-corrected chi connectivity index (χ1v) is 12.3. The lowest BCUT2D eigenvalue weighted by atomic mass is 9.92. The molecule has 0 N–H and O–H groups in total. The van der Waals surface area contributed by atoms with E-state index in [2.05, 4.69) is 66.7 Å².